The molecule has 0 bridgehead atoms. The summed E-state index contributed by atoms with van der Waals surface area (Å²) in [5, 5.41) is 7.89. The van der Waals surface area contributed by atoms with Crippen LogP contribution in [0.1, 0.15) is 36.7 Å². The van der Waals surface area contributed by atoms with Gasteiger partial charge in [-0.15, -0.1) is 0 Å². The van der Waals surface area contributed by atoms with E-state index < -0.39 is 11.7 Å². The minimum absolute atomic E-state index is 0.187. The number of alkyl carbamates (subject to hydrolysis) is 1. The van der Waals surface area contributed by atoms with Crippen LogP contribution in [0.25, 0.3) is 0 Å². The first-order valence-corrected chi connectivity index (χ1v) is 8.77. The average molecular weight is 384 g/mol. The van der Waals surface area contributed by atoms with Crippen molar-refractivity contribution in [1.82, 2.24) is 15.6 Å². The number of hydrogen-bond acceptors (Lipinski definition) is 5. The number of ether oxygens (including phenoxy) is 1. The monoisotopic (exact) mass is 384 g/mol. The summed E-state index contributed by atoms with van der Waals surface area (Å²) in [6.07, 6.45) is 2.45. The lowest BCUT2D eigenvalue weighted by Crippen LogP contribution is -2.39. The number of pyridine rings is 1. The lowest BCUT2D eigenvalue weighted by atomic mass is 10.2. The third-order valence-electron chi connectivity index (χ3n) is 3.41. The fourth-order valence-corrected chi connectivity index (χ4v) is 2.20. The molecule has 0 saturated heterocycles. The third-order valence-corrected chi connectivity index (χ3v) is 3.41. The quantitative estimate of drug-likeness (QED) is 0.709. The van der Waals surface area contributed by atoms with Gasteiger partial charge in [0.15, 0.2) is 0 Å². The fourth-order valence-electron chi connectivity index (χ4n) is 2.20. The summed E-state index contributed by atoms with van der Waals surface area (Å²) < 4.78 is 5.07. The number of carbonyl (C=O) groups excluding carboxylic acids is 3. The highest BCUT2D eigenvalue weighted by Gasteiger charge is 2.16. The number of nitrogens with one attached hydrogen (secondary N) is 3. The van der Waals surface area contributed by atoms with Crippen LogP contribution in [-0.2, 0) is 16.1 Å². The number of hydrogen-bond donors (Lipinski definition) is 3. The standard InChI is InChI=1S/C20H24N4O4/c1-20(2,3)28-19(27)23-13-17(25)22-12-14-5-4-6-16(11-14)24-18(26)15-7-9-21-10-8-15/h4-11H,12-13H2,1-3H3,(H,22,25)(H,23,27)(H,24,26). The first kappa shape index (κ1) is 20.9. The second-order valence-electron chi connectivity index (χ2n) is 7.02. The van der Waals surface area contributed by atoms with Crippen LogP contribution in [0.3, 0.4) is 0 Å². The van der Waals surface area contributed by atoms with Crippen LogP contribution >= 0.6 is 0 Å². The summed E-state index contributed by atoms with van der Waals surface area (Å²) in [6.45, 7) is 5.30. The molecule has 0 unspecified atom stereocenters. The highest BCUT2D eigenvalue weighted by molar-refractivity contribution is 6.04. The molecule has 0 aliphatic carbocycles. The van der Waals surface area contributed by atoms with Crippen LogP contribution in [0.4, 0.5) is 10.5 Å². The minimum atomic E-state index is -0.650. The molecule has 2 aromatic rings. The van der Waals surface area contributed by atoms with Crippen molar-refractivity contribution in [2.75, 3.05) is 11.9 Å². The number of amides is 3. The zero-order chi connectivity index (χ0) is 20.6. The molecule has 1 aromatic heterocycles. The highest BCUT2D eigenvalue weighted by atomic mass is 16.6. The van der Waals surface area contributed by atoms with Gasteiger partial charge in [-0.25, -0.2) is 4.79 Å². The summed E-state index contributed by atoms with van der Waals surface area (Å²) in [5.41, 5.74) is 1.29. The zero-order valence-corrected chi connectivity index (χ0v) is 16.1. The summed E-state index contributed by atoms with van der Waals surface area (Å²) >= 11 is 0. The SMILES string of the molecule is CC(C)(C)OC(=O)NCC(=O)NCc1cccc(NC(=O)c2ccncc2)c1. The van der Waals surface area contributed by atoms with Crippen LogP contribution in [-0.4, -0.2) is 35.0 Å². The molecule has 8 nitrogen and oxygen atoms in total. The van der Waals surface area contributed by atoms with Gasteiger partial charge in [-0.1, -0.05) is 12.1 Å². The van der Waals surface area contributed by atoms with Crippen LogP contribution in [0, 0.1) is 0 Å². The van der Waals surface area contributed by atoms with Gasteiger partial charge in [-0.3, -0.25) is 14.6 Å². The minimum Gasteiger partial charge on any atom is -0.444 e. The highest BCUT2D eigenvalue weighted by Crippen LogP contribution is 2.12. The van der Waals surface area contributed by atoms with E-state index >= 15 is 0 Å². The number of aromatic nitrogens is 1. The maximum Gasteiger partial charge on any atom is 0.408 e. The second kappa shape index (κ2) is 9.50. The molecule has 0 fully saturated rings. The largest absolute Gasteiger partial charge is 0.444 e. The molecule has 1 aromatic carbocycles. The third kappa shape index (κ3) is 7.45. The summed E-state index contributed by atoms with van der Waals surface area (Å²) in [7, 11) is 0. The van der Waals surface area contributed by atoms with Crippen LogP contribution in [0.5, 0.6) is 0 Å². The number of nitrogens with zero attached hydrogens (tertiary/aromatic N) is 1. The fraction of sp³-hybridized carbons (Fsp3) is 0.300. The van der Waals surface area contributed by atoms with Gasteiger partial charge in [0, 0.05) is 30.2 Å². The van der Waals surface area contributed by atoms with Crippen molar-refractivity contribution in [2.45, 2.75) is 32.9 Å². The smallest absolute Gasteiger partial charge is 0.408 e. The van der Waals surface area contributed by atoms with E-state index in [2.05, 4.69) is 20.9 Å². The van der Waals surface area contributed by atoms with Gasteiger partial charge < -0.3 is 20.7 Å². The van der Waals surface area contributed by atoms with Crippen molar-refractivity contribution in [3.63, 3.8) is 0 Å². The Labute approximate surface area is 163 Å². The Bertz CT molecular complexity index is 832. The topological polar surface area (TPSA) is 109 Å². The van der Waals surface area contributed by atoms with E-state index in [1.54, 1.807) is 63.5 Å². The molecule has 0 radical (unpaired) electrons. The maximum atomic E-state index is 12.2. The molecule has 0 aliphatic heterocycles. The van der Waals surface area contributed by atoms with E-state index in [1.807, 2.05) is 6.07 Å². The molecule has 0 saturated carbocycles. The molecule has 0 spiro atoms. The van der Waals surface area contributed by atoms with E-state index in [-0.39, 0.29) is 24.9 Å². The van der Waals surface area contributed by atoms with Crippen molar-refractivity contribution >= 4 is 23.6 Å². The molecule has 3 amide bonds. The van der Waals surface area contributed by atoms with Gasteiger partial charge in [0.05, 0.1) is 0 Å². The Kier molecular flexibility index (Phi) is 7.08. The van der Waals surface area contributed by atoms with Gasteiger partial charge in [0.1, 0.15) is 12.1 Å². The van der Waals surface area contributed by atoms with E-state index in [0.717, 1.165) is 5.56 Å². The Balaban J connectivity index is 1.81. The zero-order valence-electron chi connectivity index (χ0n) is 16.1. The molecule has 28 heavy (non-hydrogen) atoms. The molecule has 1 heterocycles. The number of rotatable bonds is 6. The van der Waals surface area contributed by atoms with Crippen molar-refractivity contribution in [3.05, 3.63) is 59.9 Å². The summed E-state index contributed by atoms with van der Waals surface area (Å²) in [5.74, 6) is -0.595. The molecule has 2 rings (SSSR count). The van der Waals surface area contributed by atoms with Crippen molar-refractivity contribution in [2.24, 2.45) is 0 Å². The van der Waals surface area contributed by atoms with E-state index in [1.165, 1.54) is 0 Å². The number of carbonyl (C=O) groups is 3. The Hall–Kier alpha value is -3.42. The van der Waals surface area contributed by atoms with Gasteiger partial charge in [-0.2, -0.15) is 0 Å². The molecule has 0 atom stereocenters. The molecule has 3 N–H and O–H groups in total. The molecule has 148 valence electrons. The molecular formula is C20H24N4O4. The first-order valence-electron chi connectivity index (χ1n) is 8.77. The summed E-state index contributed by atoms with van der Waals surface area (Å²) in [6, 6.07) is 10.4. The normalized spacial score (nSPS) is 10.7. The summed E-state index contributed by atoms with van der Waals surface area (Å²) in [4.78, 5) is 39.5. The Morgan fingerprint density at radius 3 is 2.43 bits per heavy atom. The van der Waals surface area contributed by atoms with Crippen LogP contribution in [0.2, 0.25) is 0 Å². The lowest BCUT2D eigenvalue weighted by molar-refractivity contribution is -0.120. The van der Waals surface area contributed by atoms with E-state index in [0.29, 0.717) is 11.3 Å². The van der Waals surface area contributed by atoms with E-state index in [4.69, 9.17) is 4.74 Å². The predicted molar refractivity (Wildman–Crippen MR) is 105 cm³/mol. The number of benzene rings is 1. The van der Waals surface area contributed by atoms with Crippen molar-refractivity contribution < 1.29 is 19.1 Å². The van der Waals surface area contributed by atoms with Crippen LogP contribution < -0.4 is 16.0 Å². The van der Waals surface area contributed by atoms with Gasteiger partial charge in [-0.05, 0) is 50.6 Å². The number of anilines is 1. The average Bonchev–Trinajstić information content (AvgIpc) is 2.64. The molecular weight excluding hydrogens is 360 g/mol. The van der Waals surface area contributed by atoms with Gasteiger partial charge >= 0.3 is 6.09 Å². The van der Waals surface area contributed by atoms with Gasteiger partial charge in [0.25, 0.3) is 5.91 Å². The second-order valence-corrected chi connectivity index (χ2v) is 7.02. The molecule has 8 heteroatoms. The van der Waals surface area contributed by atoms with Crippen molar-refractivity contribution in [1.29, 1.82) is 0 Å². The van der Waals surface area contributed by atoms with E-state index in [9.17, 15) is 14.4 Å². The van der Waals surface area contributed by atoms with Gasteiger partial charge in [0.2, 0.25) is 5.91 Å². The Morgan fingerprint density at radius 1 is 1.04 bits per heavy atom. The van der Waals surface area contributed by atoms with Crippen molar-refractivity contribution in [3.8, 4) is 0 Å². The Morgan fingerprint density at radius 2 is 1.75 bits per heavy atom. The maximum absolute atomic E-state index is 12.2. The van der Waals surface area contributed by atoms with Crippen LogP contribution in [0.15, 0.2) is 48.8 Å². The lowest BCUT2D eigenvalue weighted by Gasteiger charge is -2.19. The predicted octanol–water partition coefficient (Wildman–Crippen LogP) is 2.47. The first-order chi connectivity index (χ1) is 13.2. The molecule has 0 aliphatic rings.